The Morgan fingerprint density at radius 1 is 1.10 bits per heavy atom. The second-order valence-electron chi connectivity index (χ2n) is 4.62. The zero-order valence-electron chi connectivity index (χ0n) is 11.2. The summed E-state index contributed by atoms with van der Waals surface area (Å²) < 4.78 is 31.5. The van der Waals surface area contributed by atoms with Gasteiger partial charge in [-0.3, -0.25) is 0 Å². The molecule has 0 aromatic heterocycles. The van der Waals surface area contributed by atoms with Gasteiger partial charge in [0.25, 0.3) is 0 Å². The van der Waals surface area contributed by atoms with Crippen molar-refractivity contribution in [1.29, 1.82) is 0 Å². The summed E-state index contributed by atoms with van der Waals surface area (Å²) in [6.07, 6.45) is -0.681. The van der Waals surface area contributed by atoms with Crippen LogP contribution in [0.3, 0.4) is 0 Å². The summed E-state index contributed by atoms with van der Waals surface area (Å²) >= 11 is 3.33. The molecule has 0 aliphatic carbocycles. The molecule has 1 heterocycles. The van der Waals surface area contributed by atoms with E-state index in [0.717, 1.165) is 5.56 Å². The van der Waals surface area contributed by atoms with Crippen LogP contribution in [-0.4, -0.2) is 13.2 Å². The summed E-state index contributed by atoms with van der Waals surface area (Å²) in [4.78, 5) is 0. The summed E-state index contributed by atoms with van der Waals surface area (Å²) in [5.74, 6) is -0.261. The Morgan fingerprint density at radius 2 is 1.81 bits per heavy atom. The first-order valence-corrected chi connectivity index (χ1v) is 7.43. The molecular formula is C16H14BrFO3. The Balaban J connectivity index is 1.81. The Labute approximate surface area is 130 Å². The molecule has 0 unspecified atom stereocenters. The van der Waals surface area contributed by atoms with Gasteiger partial charge in [0.2, 0.25) is 0 Å². The van der Waals surface area contributed by atoms with E-state index in [4.69, 9.17) is 14.2 Å². The molecule has 3 nitrogen and oxygen atoms in total. The first-order chi connectivity index (χ1) is 10.3. The highest BCUT2D eigenvalue weighted by molar-refractivity contribution is 9.10. The van der Waals surface area contributed by atoms with Crippen LogP contribution in [0.2, 0.25) is 0 Å². The standard InChI is InChI=1S/C16H14BrFO3/c17-12-6-7-13(21-10-11-4-2-1-3-5-11)15(18)14(12)16-19-8-9-20-16/h1-7,16H,8-10H2. The molecule has 0 N–H and O–H groups in total. The summed E-state index contributed by atoms with van der Waals surface area (Å²) in [7, 11) is 0. The van der Waals surface area contributed by atoms with Gasteiger partial charge in [-0.15, -0.1) is 0 Å². The van der Waals surface area contributed by atoms with Crippen LogP contribution in [0, 0.1) is 5.82 Å². The second kappa shape index (κ2) is 6.56. The molecule has 110 valence electrons. The van der Waals surface area contributed by atoms with Gasteiger partial charge in [-0.1, -0.05) is 46.3 Å². The normalized spacial score (nSPS) is 15.3. The number of rotatable bonds is 4. The molecule has 2 aromatic rings. The maximum atomic E-state index is 14.6. The lowest BCUT2D eigenvalue weighted by Gasteiger charge is -2.15. The van der Waals surface area contributed by atoms with Crippen LogP contribution >= 0.6 is 15.9 Å². The van der Waals surface area contributed by atoms with Gasteiger partial charge >= 0.3 is 0 Å². The van der Waals surface area contributed by atoms with Crippen LogP contribution in [0.1, 0.15) is 17.4 Å². The van der Waals surface area contributed by atoms with Gasteiger partial charge < -0.3 is 14.2 Å². The lowest BCUT2D eigenvalue weighted by atomic mass is 10.2. The van der Waals surface area contributed by atoms with Crippen LogP contribution in [0.25, 0.3) is 0 Å². The van der Waals surface area contributed by atoms with E-state index in [9.17, 15) is 4.39 Å². The third kappa shape index (κ3) is 3.26. The summed E-state index contributed by atoms with van der Waals surface area (Å²) in [5, 5.41) is 0. The van der Waals surface area contributed by atoms with Crippen LogP contribution < -0.4 is 4.74 Å². The largest absolute Gasteiger partial charge is 0.486 e. The maximum Gasteiger partial charge on any atom is 0.188 e. The molecule has 5 heteroatoms. The van der Waals surface area contributed by atoms with E-state index in [0.29, 0.717) is 29.9 Å². The minimum Gasteiger partial charge on any atom is -0.486 e. The first kappa shape index (κ1) is 14.5. The molecule has 1 aliphatic heterocycles. The molecule has 0 saturated carbocycles. The second-order valence-corrected chi connectivity index (χ2v) is 5.48. The lowest BCUT2D eigenvalue weighted by molar-refractivity contribution is -0.0473. The van der Waals surface area contributed by atoms with Crippen molar-refractivity contribution in [2.75, 3.05) is 13.2 Å². The van der Waals surface area contributed by atoms with Crippen molar-refractivity contribution in [2.24, 2.45) is 0 Å². The molecule has 0 bridgehead atoms. The van der Waals surface area contributed by atoms with Crippen molar-refractivity contribution in [3.63, 3.8) is 0 Å². The molecule has 1 saturated heterocycles. The fourth-order valence-corrected chi connectivity index (χ4v) is 2.63. The molecule has 21 heavy (non-hydrogen) atoms. The predicted molar refractivity (Wildman–Crippen MR) is 79.5 cm³/mol. The Hall–Kier alpha value is -1.43. The van der Waals surface area contributed by atoms with E-state index in [-0.39, 0.29) is 5.75 Å². The van der Waals surface area contributed by atoms with Gasteiger partial charge in [-0.05, 0) is 17.7 Å². The monoisotopic (exact) mass is 352 g/mol. The molecule has 0 amide bonds. The predicted octanol–water partition coefficient (Wildman–Crippen LogP) is 4.21. The fourth-order valence-electron chi connectivity index (χ4n) is 2.14. The van der Waals surface area contributed by atoms with Gasteiger partial charge in [0, 0.05) is 4.47 Å². The molecule has 0 spiro atoms. The minimum atomic E-state index is -0.681. The van der Waals surface area contributed by atoms with Crippen molar-refractivity contribution >= 4 is 15.9 Å². The van der Waals surface area contributed by atoms with E-state index in [1.54, 1.807) is 12.1 Å². The Kier molecular flexibility index (Phi) is 4.53. The van der Waals surface area contributed by atoms with Crippen molar-refractivity contribution in [3.8, 4) is 5.75 Å². The summed E-state index contributed by atoms with van der Waals surface area (Å²) in [5.41, 5.74) is 1.33. The van der Waals surface area contributed by atoms with E-state index in [1.807, 2.05) is 30.3 Å². The van der Waals surface area contributed by atoms with E-state index in [2.05, 4.69) is 15.9 Å². The number of hydrogen-bond acceptors (Lipinski definition) is 3. The average molecular weight is 353 g/mol. The smallest absolute Gasteiger partial charge is 0.188 e. The fraction of sp³-hybridized carbons (Fsp3) is 0.250. The SMILES string of the molecule is Fc1c(OCc2ccccc2)ccc(Br)c1C1OCCO1. The molecular weight excluding hydrogens is 339 g/mol. The van der Waals surface area contributed by atoms with Crippen molar-refractivity contribution < 1.29 is 18.6 Å². The topological polar surface area (TPSA) is 27.7 Å². The Morgan fingerprint density at radius 3 is 2.52 bits per heavy atom. The van der Waals surface area contributed by atoms with Gasteiger partial charge in [0.15, 0.2) is 17.9 Å². The Bertz CT molecular complexity index is 612. The molecule has 0 radical (unpaired) electrons. The van der Waals surface area contributed by atoms with Gasteiger partial charge in [0.1, 0.15) is 6.61 Å². The highest BCUT2D eigenvalue weighted by atomic mass is 79.9. The molecule has 2 aromatic carbocycles. The molecule has 3 rings (SSSR count). The summed E-state index contributed by atoms with van der Waals surface area (Å²) in [6.45, 7) is 1.24. The average Bonchev–Trinajstić information content (AvgIpc) is 3.02. The highest BCUT2D eigenvalue weighted by Gasteiger charge is 2.26. The number of ether oxygens (including phenoxy) is 3. The number of halogens is 2. The quantitative estimate of drug-likeness (QED) is 0.824. The lowest BCUT2D eigenvalue weighted by Crippen LogP contribution is -2.06. The third-order valence-corrected chi connectivity index (χ3v) is 3.88. The van der Waals surface area contributed by atoms with E-state index in [1.165, 1.54) is 0 Å². The van der Waals surface area contributed by atoms with Crippen LogP contribution in [0.4, 0.5) is 4.39 Å². The first-order valence-electron chi connectivity index (χ1n) is 6.63. The third-order valence-electron chi connectivity index (χ3n) is 3.19. The molecule has 0 atom stereocenters. The van der Waals surface area contributed by atoms with Crippen molar-refractivity contribution in [3.05, 3.63) is 63.9 Å². The van der Waals surface area contributed by atoms with Crippen LogP contribution in [0.5, 0.6) is 5.75 Å². The van der Waals surface area contributed by atoms with Gasteiger partial charge in [-0.2, -0.15) is 0 Å². The summed E-state index contributed by atoms with van der Waals surface area (Å²) in [6, 6.07) is 13.0. The highest BCUT2D eigenvalue weighted by Crippen LogP contribution is 2.36. The molecule has 1 aliphatic rings. The van der Waals surface area contributed by atoms with Crippen molar-refractivity contribution in [2.45, 2.75) is 12.9 Å². The minimum absolute atomic E-state index is 0.191. The van der Waals surface area contributed by atoms with Gasteiger partial charge in [0.05, 0.1) is 18.8 Å². The van der Waals surface area contributed by atoms with Gasteiger partial charge in [-0.25, -0.2) is 4.39 Å². The van der Waals surface area contributed by atoms with E-state index < -0.39 is 12.1 Å². The zero-order valence-corrected chi connectivity index (χ0v) is 12.8. The van der Waals surface area contributed by atoms with Crippen LogP contribution in [-0.2, 0) is 16.1 Å². The molecule has 1 fully saturated rings. The van der Waals surface area contributed by atoms with Crippen molar-refractivity contribution in [1.82, 2.24) is 0 Å². The number of hydrogen-bond donors (Lipinski definition) is 0. The van der Waals surface area contributed by atoms with E-state index >= 15 is 0 Å². The van der Waals surface area contributed by atoms with Crippen LogP contribution in [0.15, 0.2) is 46.9 Å². The number of benzene rings is 2. The maximum absolute atomic E-state index is 14.6. The zero-order chi connectivity index (χ0) is 14.7.